The fourth-order valence-corrected chi connectivity index (χ4v) is 3.61. The first-order valence-electron chi connectivity index (χ1n) is 9.64. The van der Waals surface area contributed by atoms with Crippen LogP contribution in [0.2, 0.25) is 0 Å². The predicted molar refractivity (Wildman–Crippen MR) is 104 cm³/mol. The maximum absolute atomic E-state index is 12.8. The molecular weight excluding hydrogens is 326 g/mol. The van der Waals surface area contributed by atoms with Crippen LogP contribution in [-0.2, 0) is 17.6 Å². The van der Waals surface area contributed by atoms with E-state index in [9.17, 15) is 9.59 Å². The van der Waals surface area contributed by atoms with Crippen LogP contribution in [0.4, 0.5) is 0 Å². The van der Waals surface area contributed by atoms with Gasteiger partial charge in [0, 0.05) is 17.1 Å². The zero-order chi connectivity index (χ0) is 18.8. The van der Waals surface area contributed by atoms with Crippen LogP contribution >= 0.6 is 0 Å². The van der Waals surface area contributed by atoms with Crippen LogP contribution in [0.3, 0.4) is 0 Å². The quantitative estimate of drug-likeness (QED) is 0.770. The molecule has 5 nitrogen and oxygen atoms in total. The van der Waals surface area contributed by atoms with Crippen LogP contribution in [0.1, 0.15) is 62.2 Å². The lowest BCUT2D eigenvalue weighted by Crippen LogP contribution is -2.47. The van der Waals surface area contributed by atoms with Crippen molar-refractivity contribution in [3.8, 4) is 0 Å². The largest absolute Gasteiger partial charge is 0.358 e. The number of carbonyl (C=O) groups excluding carboxylic acids is 2. The van der Waals surface area contributed by atoms with Crippen molar-refractivity contribution in [2.75, 3.05) is 0 Å². The fraction of sp³-hybridized carbons (Fsp3) is 0.524. The lowest BCUT2D eigenvalue weighted by atomic mass is 9.87. The van der Waals surface area contributed by atoms with Gasteiger partial charge in [-0.05, 0) is 57.1 Å². The van der Waals surface area contributed by atoms with Gasteiger partial charge < -0.3 is 15.6 Å². The van der Waals surface area contributed by atoms with Gasteiger partial charge in [0.25, 0.3) is 5.91 Å². The van der Waals surface area contributed by atoms with Gasteiger partial charge in [-0.3, -0.25) is 9.59 Å². The Balaban J connectivity index is 1.82. The van der Waals surface area contributed by atoms with E-state index in [1.165, 1.54) is 17.7 Å². The number of hydrogen-bond donors (Lipinski definition) is 3. The fourth-order valence-electron chi connectivity index (χ4n) is 3.61. The van der Waals surface area contributed by atoms with Crippen LogP contribution in [-0.4, -0.2) is 28.9 Å². The smallest absolute Gasteiger partial charge is 0.254 e. The zero-order valence-corrected chi connectivity index (χ0v) is 16.1. The van der Waals surface area contributed by atoms with Gasteiger partial charge in [0.1, 0.15) is 6.04 Å². The number of fused-ring (bicyclic) bond motifs is 3. The first-order chi connectivity index (χ1) is 12.4. The normalized spacial score (nSPS) is 18.8. The summed E-state index contributed by atoms with van der Waals surface area (Å²) in [7, 11) is 0. The van der Waals surface area contributed by atoms with E-state index in [1.54, 1.807) is 6.92 Å². The predicted octanol–water partition coefficient (Wildman–Crippen LogP) is 3.33. The third-order valence-electron chi connectivity index (χ3n) is 5.46. The highest BCUT2D eigenvalue weighted by atomic mass is 16.2. The summed E-state index contributed by atoms with van der Waals surface area (Å²) >= 11 is 0. The summed E-state index contributed by atoms with van der Waals surface area (Å²) in [5.41, 5.74) is 4.09. The van der Waals surface area contributed by atoms with E-state index >= 15 is 0 Å². The summed E-state index contributed by atoms with van der Waals surface area (Å²) in [6.45, 7) is 7.97. The summed E-state index contributed by atoms with van der Waals surface area (Å²) in [4.78, 5) is 28.5. The second-order valence-corrected chi connectivity index (χ2v) is 7.67. The van der Waals surface area contributed by atoms with E-state index in [0.29, 0.717) is 11.5 Å². The third-order valence-corrected chi connectivity index (χ3v) is 5.46. The number of benzene rings is 1. The molecule has 3 atom stereocenters. The van der Waals surface area contributed by atoms with Crippen molar-refractivity contribution in [3.05, 3.63) is 35.0 Å². The van der Waals surface area contributed by atoms with Crippen molar-refractivity contribution in [2.24, 2.45) is 5.92 Å². The Morgan fingerprint density at radius 2 is 2.04 bits per heavy atom. The molecule has 1 aliphatic rings. The van der Waals surface area contributed by atoms with E-state index in [2.05, 4.69) is 28.6 Å². The van der Waals surface area contributed by atoms with Gasteiger partial charge >= 0.3 is 0 Å². The summed E-state index contributed by atoms with van der Waals surface area (Å²) in [6, 6.07) is 5.36. The molecule has 3 N–H and O–H groups in total. The summed E-state index contributed by atoms with van der Waals surface area (Å²) in [5.74, 6) is 0.303. The minimum Gasteiger partial charge on any atom is -0.358 e. The van der Waals surface area contributed by atoms with Gasteiger partial charge in [0.05, 0.1) is 11.1 Å². The highest BCUT2D eigenvalue weighted by Gasteiger charge is 2.24. The van der Waals surface area contributed by atoms with Gasteiger partial charge in [-0.2, -0.15) is 0 Å². The molecule has 3 rings (SSSR count). The van der Waals surface area contributed by atoms with Crippen molar-refractivity contribution in [3.63, 3.8) is 0 Å². The minimum absolute atomic E-state index is 0.0994. The molecule has 1 heterocycles. The standard InChI is InChI=1S/C21H29N3O2/c1-5-13(3)22-20(25)14(4)23-21(26)16-8-6-7-15-17-11-12(2)9-10-18(17)24-19(15)16/h6-8,12-14,24H,5,9-11H2,1-4H3,(H,22,25)(H,23,26). The second-order valence-electron chi connectivity index (χ2n) is 7.67. The zero-order valence-electron chi connectivity index (χ0n) is 16.1. The lowest BCUT2D eigenvalue weighted by molar-refractivity contribution is -0.123. The van der Waals surface area contributed by atoms with E-state index < -0.39 is 6.04 Å². The Morgan fingerprint density at radius 3 is 2.77 bits per heavy atom. The highest BCUT2D eigenvalue weighted by Crippen LogP contribution is 2.32. The Morgan fingerprint density at radius 1 is 1.27 bits per heavy atom. The number of rotatable bonds is 5. The van der Waals surface area contributed by atoms with Gasteiger partial charge in [-0.25, -0.2) is 0 Å². The molecule has 0 saturated heterocycles. The molecule has 0 bridgehead atoms. The van der Waals surface area contributed by atoms with Gasteiger partial charge in [0.15, 0.2) is 0 Å². The van der Waals surface area contributed by atoms with E-state index in [1.807, 2.05) is 26.0 Å². The molecule has 140 valence electrons. The molecule has 1 aromatic heterocycles. The molecule has 2 amide bonds. The van der Waals surface area contributed by atoms with Crippen LogP contribution < -0.4 is 10.6 Å². The number of carbonyl (C=O) groups is 2. The lowest BCUT2D eigenvalue weighted by Gasteiger charge is -2.18. The number of para-hydroxylation sites is 1. The second kappa shape index (κ2) is 7.52. The van der Waals surface area contributed by atoms with Crippen molar-refractivity contribution in [2.45, 2.75) is 65.5 Å². The third kappa shape index (κ3) is 3.62. The van der Waals surface area contributed by atoms with Crippen molar-refractivity contribution < 1.29 is 9.59 Å². The van der Waals surface area contributed by atoms with Gasteiger partial charge in [-0.15, -0.1) is 0 Å². The average Bonchev–Trinajstić information content (AvgIpc) is 2.99. The summed E-state index contributed by atoms with van der Waals surface area (Å²) in [6.07, 6.45) is 4.11. The topological polar surface area (TPSA) is 74.0 Å². The molecule has 26 heavy (non-hydrogen) atoms. The molecule has 0 radical (unpaired) electrons. The molecule has 5 heteroatoms. The molecule has 0 aliphatic heterocycles. The number of H-pyrrole nitrogens is 1. The minimum atomic E-state index is -0.573. The molecule has 1 aromatic carbocycles. The van der Waals surface area contributed by atoms with Crippen LogP contribution in [0, 0.1) is 5.92 Å². The molecule has 0 saturated carbocycles. The number of aromatic amines is 1. The number of aromatic nitrogens is 1. The summed E-state index contributed by atoms with van der Waals surface area (Å²) < 4.78 is 0. The Kier molecular flexibility index (Phi) is 5.35. The number of amides is 2. The highest BCUT2D eigenvalue weighted by molar-refractivity contribution is 6.08. The molecule has 0 spiro atoms. The van der Waals surface area contributed by atoms with Crippen molar-refractivity contribution in [1.29, 1.82) is 0 Å². The maximum Gasteiger partial charge on any atom is 0.254 e. The first-order valence-corrected chi connectivity index (χ1v) is 9.64. The van der Waals surface area contributed by atoms with Crippen LogP contribution in [0.15, 0.2) is 18.2 Å². The van der Waals surface area contributed by atoms with E-state index in [0.717, 1.165) is 30.2 Å². The molecule has 3 unspecified atom stereocenters. The Bertz CT molecular complexity index is 824. The Hall–Kier alpha value is -2.30. The Labute approximate surface area is 154 Å². The van der Waals surface area contributed by atoms with E-state index in [-0.39, 0.29) is 17.9 Å². The average molecular weight is 355 g/mol. The molecule has 1 aliphatic carbocycles. The first kappa shape index (κ1) is 18.5. The maximum atomic E-state index is 12.8. The van der Waals surface area contributed by atoms with Crippen LogP contribution in [0.5, 0.6) is 0 Å². The monoisotopic (exact) mass is 355 g/mol. The van der Waals surface area contributed by atoms with Gasteiger partial charge in [-0.1, -0.05) is 26.0 Å². The summed E-state index contributed by atoms with van der Waals surface area (Å²) in [5, 5.41) is 6.88. The van der Waals surface area contributed by atoms with Gasteiger partial charge in [0.2, 0.25) is 5.91 Å². The van der Waals surface area contributed by atoms with E-state index in [4.69, 9.17) is 0 Å². The molecule has 0 fully saturated rings. The van der Waals surface area contributed by atoms with Crippen molar-refractivity contribution in [1.82, 2.24) is 15.6 Å². The van der Waals surface area contributed by atoms with Crippen molar-refractivity contribution >= 4 is 22.7 Å². The molecule has 2 aromatic rings. The number of aryl methyl sites for hydroxylation is 1. The number of nitrogens with one attached hydrogen (secondary N) is 3. The molecular formula is C21H29N3O2. The number of hydrogen-bond acceptors (Lipinski definition) is 2. The van der Waals surface area contributed by atoms with Crippen LogP contribution in [0.25, 0.3) is 10.9 Å². The SMILES string of the molecule is CCC(C)NC(=O)C(C)NC(=O)c1cccc2c3c([nH]c12)CCC(C)C3.